The normalized spacial score (nSPS) is 29.7. The van der Waals surface area contributed by atoms with E-state index in [-0.39, 0.29) is 11.9 Å². The fourth-order valence-electron chi connectivity index (χ4n) is 2.59. The second-order valence-corrected chi connectivity index (χ2v) is 7.52. The van der Waals surface area contributed by atoms with Gasteiger partial charge in [0, 0.05) is 16.6 Å². The molecule has 0 bridgehead atoms. The van der Waals surface area contributed by atoms with Crippen molar-refractivity contribution in [2.75, 3.05) is 18.1 Å². The highest BCUT2D eigenvalue weighted by atomic mass is 32.2. The lowest BCUT2D eigenvalue weighted by Crippen LogP contribution is -2.41. The second-order valence-electron chi connectivity index (χ2n) is 6.01. The van der Waals surface area contributed by atoms with Crippen LogP contribution in [0, 0.1) is 11.8 Å². The zero-order chi connectivity index (χ0) is 15.2. The summed E-state index contributed by atoms with van der Waals surface area (Å²) in [6.07, 6.45) is 3.37. The van der Waals surface area contributed by atoms with Gasteiger partial charge in [0.25, 0.3) is 0 Å². The van der Waals surface area contributed by atoms with Gasteiger partial charge in [-0.15, -0.1) is 0 Å². The summed E-state index contributed by atoms with van der Waals surface area (Å²) in [6.45, 7) is 6.37. The van der Waals surface area contributed by atoms with Gasteiger partial charge in [0.2, 0.25) is 0 Å². The standard InChI is InChI=1S/C15H28O4S/c1-4-12(3)10-20(18)11-15(17)8-6-13(7-9-15)14(16)19-5-2/h12-13,17H,4-11H2,1-3H3. The Kier molecular flexibility index (Phi) is 7.17. The summed E-state index contributed by atoms with van der Waals surface area (Å²) in [6, 6.07) is 0. The van der Waals surface area contributed by atoms with Crippen molar-refractivity contribution < 1.29 is 18.8 Å². The van der Waals surface area contributed by atoms with Crippen LogP contribution in [0.25, 0.3) is 0 Å². The molecule has 1 saturated carbocycles. The molecule has 5 heteroatoms. The van der Waals surface area contributed by atoms with Crippen LogP contribution in [0.4, 0.5) is 0 Å². The van der Waals surface area contributed by atoms with Crippen LogP contribution in [0.1, 0.15) is 52.9 Å². The van der Waals surface area contributed by atoms with Crippen molar-refractivity contribution in [3.8, 4) is 0 Å². The minimum atomic E-state index is -0.978. The third-order valence-electron chi connectivity index (χ3n) is 4.13. The molecule has 0 aromatic heterocycles. The Bertz CT molecular complexity index is 335. The van der Waals surface area contributed by atoms with Gasteiger partial charge in [-0.2, -0.15) is 0 Å². The Morgan fingerprint density at radius 2 is 2.00 bits per heavy atom. The lowest BCUT2D eigenvalue weighted by Gasteiger charge is -2.35. The first kappa shape index (κ1) is 17.6. The van der Waals surface area contributed by atoms with E-state index in [1.807, 2.05) is 0 Å². The predicted molar refractivity (Wildman–Crippen MR) is 80.9 cm³/mol. The van der Waals surface area contributed by atoms with Crippen LogP contribution in [0.3, 0.4) is 0 Å². The summed E-state index contributed by atoms with van der Waals surface area (Å²) >= 11 is 0. The van der Waals surface area contributed by atoms with Gasteiger partial charge in [-0.25, -0.2) is 0 Å². The third-order valence-corrected chi connectivity index (χ3v) is 5.93. The lowest BCUT2D eigenvalue weighted by molar-refractivity contribution is -0.150. The first-order valence-electron chi connectivity index (χ1n) is 7.64. The Hall–Kier alpha value is -0.420. The quantitative estimate of drug-likeness (QED) is 0.733. The Morgan fingerprint density at radius 3 is 2.50 bits per heavy atom. The lowest BCUT2D eigenvalue weighted by atomic mass is 9.80. The molecule has 1 rings (SSSR count). The number of ether oxygens (including phenoxy) is 1. The van der Waals surface area contributed by atoms with Gasteiger partial charge in [0.1, 0.15) is 0 Å². The van der Waals surface area contributed by atoms with E-state index in [1.54, 1.807) is 6.92 Å². The molecule has 1 N–H and O–H groups in total. The molecule has 0 spiro atoms. The van der Waals surface area contributed by atoms with Gasteiger partial charge in [-0.1, -0.05) is 20.3 Å². The van der Waals surface area contributed by atoms with Gasteiger partial charge in [0.15, 0.2) is 0 Å². The number of carbonyl (C=O) groups is 1. The third kappa shape index (κ3) is 5.52. The van der Waals surface area contributed by atoms with Crippen LogP contribution in [0.5, 0.6) is 0 Å². The van der Waals surface area contributed by atoms with Crippen molar-refractivity contribution in [1.29, 1.82) is 0 Å². The first-order chi connectivity index (χ1) is 9.40. The maximum Gasteiger partial charge on any atom is 0.308 e. The highest BCUT2D eigenvalue weighted by molar-refractivity contribution is 7.85. The SMILES string of the molecule is CCOC(=O)C1CCC(O)(CS(=O)CC(C)CC)CC1. The zero-order valence-electron chi connectivity index (χ0n) is 12.9. The number of aliphatic hydroxyl groups is 1. The number of hydrogen-bond acceptors (Lipinski definition) is 4. The highest BCUT2D eigenvalue weighted by Gasteiger charge is 2.37. The Labute approximate surface area is 124 Å². The number of rotatable bonds is 7. The van der Waals surface area contributed by atoms with E-state index in [9.17, 15) is 14.1 Å². The van der Waals surface area contributed by atoms with Crippen molar-refractivity contribution in [3.63, 3.8) is 0 Å². The average Bonchev–Trinajstić information content (AvgIpc) is 2.38. The molecule has 0 saturated heterocycles. The van der Waals surface area contributed by atoms with Crippen molar-refractivity contribution >= 4 is 16.8 Å². The van der Waals surface area contributed by atoms with E-state index in [0.29, 0.717) is 49.7 Å². The highest BCUT2D eigenvalue weighted by Crippen LogP contribution is 2.33. The summed E-state index contributed by atoms with van der Waals surface area (Å²) in [5, 5.41) is 10.5. The van der Waals surface area contributed by atoms with E-state index in [4.69, 9.17) is 4.74 Å². The number of carbonyl (C=O) groups excluding carboxylic acids is 1. The molecular weight excluding hydrogens is 276 g/mol. The van der Waals surface area contributed by atoms with Crippen molar-refractivity contribution in [2.24, 2.45) is 11.8 Å². The molecule has 1 aliphatic rings. The molecule has 2 atom stereocenters. The molecule has 0 radical (unpaired) electrons. The maximum atomic E-state index is 12.1. The minimum absolute atomic E-state index is 0.0989. The molecule has 0 aromatic rings. The predicted octanol–water partition coefficient (Wildman–Crippen LogP) is 2.27. The van der Waals surface area contributed by atoms with Gasteiger partial charge in [-0.3, -0.25) is 9.00 Å². The van der Waals surface area contributed by atoms with E-state index >= 15 is 0 Å². The van der Waals surface area contributed by atoms with Crippen LogP contribution >= 0.6 is 0 Å². The molecule has 2 unspecified atom stereocenters. The molecule has 0 amide bonds. The van der Waals surface area contributed by atoms with Crippen molar-refractivity contribution in [1.82, 2.24) is 0 Å². The molecule has 4 nitrogen and oxygen atoms in total. The van der Waals surface area contributed by atoms with E-state index < -0.39 is 16.4 Å². The maximum absolute atomic E-state index is 12.1. The van der Waals surface area contributed by atoms with Gasteiger partial charge in [-0.05, 0) is 38.5 Å². The van der Waals surface area contributed by atoms with Crippen molar-refractivity contribution in [2.45, 2.75) is 58.5 Å². The fourth-order valence-corrected chi connectivity index (χ4v) is 4.47. The van der Waals surface area contributed by atoms with Gasteiger partial charge in [0.05, 0.1) is 23.9 Å². The topological polar surface area (TPSA) is 63.6 Å². The molecule has 1 fully saturated rings. The smallest absolute Gasteiger partial charge is 0.308 e. The first-order valence-corrected chi connectivity index (χ1v) is 9.13. The Morgan fingerprint density at radius 1 is 1.40 bits per heavy atom. The van der Waals surface area contributed by atoms with E-state index in [2.05, 4.69) is 13.8 Å². The van der Waals surface area contributed by atoms with Crippen LogP contribution in [-0.2, 0) is 20.3 Å². The van der Waals surface area contributed by atoms with Gasteiger partial charge >= 0.3 is 5.97 Å². The summed E-state index contributed by atoms with van der Waals surface area (Å²) in [5.74, 6) is 1.16. The van der Waals surface area contributed by atoms with Crippen LogP contribution in [0.15, 0.2) is 0 Å². The van der Waals surface area contributed by atoms with Crippen LogP contribution in [0.2, 0.25) is 0 Å². The average molecular weight is 304 g/mol. The Balaban J connectivity index is 2.42. The second kappa shape index (κ2) is 8.13. The number of esters is 1. The summed E-state index contributed by atoms with van der Waals surface area (Å²) in [7, 11) is -0.978. The molecule has 1 aliphatic carbocycles. The minimum Gasteiger partial charge on any atom is -0.466 e. The van der Waals surface area contributed by atoms with Crippen LogP contribution in [-0.4, -0.2) is 39.0 Å². The molecular formula is C15H28O4S. The molecule has 118 valence electrons. The summed E-state index contributed by atoms with van der Waals surface area (Å²) in [4.78, 5) is 11.7. The fraction of sp³-hybridized carbons (Fsp3) is 0.933. The van der Waals surface area contributed by atoms with Crippen LogP contribution < -0.4 is 0 Å². The molecule has 0 heterocycles. The molecule has 0 aromatic carbocycles. The van der Waals surface area contributed by atoms with E-state index in [1.165, 1.54) is 0 Å². The molecule has 0 aliphatic heterocycles. The van der Waals surface area contributed by atoms with E-state index in [0.717, 1.165) is 6.42 Å². The monoisotopic (exact) mass is 304 g/mol. The molecule has 20 heavy (non-hydrogen) atoms. The van der Waals surface area contributed by atoms with Gasteiger partial charge < -0.3 is 9.84 Å². The number of hydrogen-bond donors (Lipinski definition) is 1. The summed E-state index contributed by atoms with van der Waals surface area (Å²) < 4.78 is 17.1. The largest absolute Gasteiger partial charge is 0.466 e. The van der Waals surface area contributed by atoms with Crippen molar-refractivity contribution in [3.05, 3.63) is 0 Å². The zero-order valence-corrected chi connectivity index (χ0v) is 13.7. The summed E-state index contributed by atoms with van der Waals surface area (Å²) in [5.41, 5.74) is -0.860.